The number of aromatic nitrogens is 4. The second-order valence-electron chi connectivity index (χ2n) is 6.98. The summed E-state index contributed by atoms with van der Waals surface area (Å²) in [4.78, 5) is 15.0. The predicted octanol–water partition coefficient (Wildman–Crippen LogP) is 2.28. The predicted molar refractivity (Wildman–Crippen MR) is 106 cm³/mol. The first-order valence-corrected chi connectivity index (χ1v) is 10.3. The zero-order valence-corrected chi connectivity index (χ0v) is 16.9. The maximum atomic E-state index is 4.72. The van der Waals surface area contributed by atoms with Crippen molar-refractivity contribution in [2.45, 2.75) is 65.5 Å². The largest absolute Gasteiger partial charge is 0.357 e. The molecular formula is C18H29N7S. The number of nitrogens with one attached hydrogen (secondary N) is 2. The van der Waals surface area contributed by atoms with Crippen molar-refractivity contribution in [3.8, 4) is 0 Å². The summed E-state index contributed by atoms with van der Waals surface area (Å²) in [6, 6.07) is 0.323. The van der Waals surface area contributed by atoms with E-state index in [0.29, 0.717) is 12.0 Å². The first-order chi connectivity index (χ1) is 12.5. The van der Waals surface area contributed by atoms with Gasteiger partial charge in [-0.3, -0.25) is 4.99 Å². The van der Waals surface area contributed by atoms with E-state index in [-0.39, 0.29) is 0 Å². The highest BCUT2D eigenvalue weighted by Gasteiger charge is 2.23. The van der Waals surface area contributed by atoms with Crippen LogP contribution in [0.5, 0.6) is 0 Å². The number of aliphatic imine (C=N–C) groups is 1. The van der Waals surface area contributed by atoms with Gasteiger partial charge in [-0.05, 0) is 20.3 Å². The summed E-state index contributed by atoms with van der Waals surface area (Å²) in [5.74, 6) is 3.29. The summed E-state index contributed by atoms with van der Waals surface area (Å²) in [5.41, 5.74) is 0. The molecule has 3 heterocycles. The summed E-state index contributed by atoms with van der Waals surface area (Å²) < 4.78 is 2.05. The summed E-state index contributed by atoms with van der Waals surface area (Å²) in [6.45, 7) is 10.9. The molecule has 142 valence electrons. The van der Waals surface area contributed by atoms with Crippen LogP contribution >= 0.6 is 11.3 Å². The first kappa shape index (κ1) is 18.8. The van der Waals surface area contributed by atoms with Crippen molar-refractivity contribution < 1.29 is 0 Å². The fourth-order valence-corrected chi connectivity index (χ4v) is 3.76. The molecule has 26 heavy (non-hydrogen) atoms. The van der Waals surface area contributed by atoms with Crippen LogP contribution in [0.2, 0.25) is 0 Å². The van der Waals surface area contributed by atoms with Crippen LogP contribution in [0.1, 0.15) is 54.6 Å². The second-order valence-corrected chi connectivity index (χ2v) is 8.30. The van der Waals surface area contributed by atoms with Gasteiger partial charge in [-0.25, -0.2) is 14.6 Å². The van der Waals surface area contributed by atoms with E-state index in [4.69, 9.17) is 4.99 Å². The number of fused-ring (bicyclic) bond motifs is 1. The van der Waals surface area contributed by atoms with E-state index in [1.54, 1.807) is 11.3 Å². The first-order valence-electron chi connectivity index (χ1n) is 9.45. The molecule has 0 amide bonds. The minimum Gasteiger partial charge on any atom is -0.357 e. The number of aryl methyl sites for hydroxylation is 2. The Kier molecular flexibility index (Phi) is 6.24. The Hall–Kier alpha value is -1.96. The highest BCUT2D eigenvalue weighted by Crippen LogP contribution is 2.17. The number of guanidine groups is 1. The van der Waals surface area contributed by atoms with Crippen molar-refractivity contribution >= 4 is 17.3 Å². The molecule has 8 heteroatoms. The van der Waals surface area contributed by atoms with Crippen molar-refractivity contribution in [2.75, 3.05) is 13.1 Å². The van der Waals surface area contributed by atoms with Crippen LogP contribution in [0.25, 0.3) is 0 Å². The van der Waals surface area contributed by atoms with Gasteiger partial charge >= 0.3 is 0 Å². The lowest BCUT2D eigenvalue weighted by atomic mass is 10.1. The molecule has 0 radical (unpaired) electrons. The van der Waals surface area contributed by atoms with Gasteiger partial charge < -0.3 is 10.6 Å². The molecule has 0 spiro atoms. The molecule has 2 aromatic heterocycles. The zero-order chi connectivity index (χ0) is 18.5. The molecule has 2 aromatic rings. The van der Waals surface area contributed by atoms with E-state index in [1.165, 1.54) is 4.88 Å². The summed E-state index contributed by atoms with van der Waals surface area (Å²) >= 11 is 1.75. The number of hydrogen-bond donors (Lipinski definition) is 2. The summed E-state index contributed by atoms with van der Waals surface area (Å²) in [6.07, 6.45) is 4.81. The Morgan fingerprint density at radius 3 is 3.00 bits per heavy atom. The molecule has 1 aliphatic rings. The average molecular weight is 376 g/mol. The third-order valence-electron chi connectivity index (χ3n) is 4.34. The Morgan fingerprint density at radius 2 is 2.31 bits per heavy atom. The van der Waals surface area contributed by atoms with Gasteiger partial charge in [-0.15, -0.1) is 11.3 Å². The maximum Gasteiger partial charge on any atom is 0.191 e. The zero-order valence-electron chi connectivity index (χ0n) is 16.1. The molecule has 0 bridgehead atoms. The lowest BCUT2D eigenvalue weighted by Crippen LogP contribution is -2.47. The van der Waals surface area contributed by atoms with Gasteiger partial charge in [0.05, 0.1) is 11.6 Å². The van der Waals surface area contributed by atoms with E-state index >= 15 is 0 Å². The van der Waals surface area contributed by atoms with Crippen molar-refractivity contribution in [2.24, 2.45) is 4.99 Å². The monoisotopic (exact) mass is 375 g/mol. The second kappa shape index (κ2) is 8.62. The van der Waals surface area contributed by atoms with Crippen LogP contribution in [0.15, 0.2) is 11.2 Å². The van der Waals surface area contributed by atoms with E-state index < -0.39 is 0 Å². The quantitative estimate of drug-likeness (QED) is 0.598. The van der Waals surface area contributed by atoms with Crippen molar-refractivity contribution in [1.82, 2.24) is 30.4 Å². The van der Waals surface area contributed by atoms with Crippen molar-refractivity contribution in [1.29, 1.82) is 0 Å². The van der Waals surface area contributed by atoms with Gasteiger partial charge in [-0.1, -0.05) is 13.8 Å². The lowest BCUT2D eigenvalue weighted by molar-refractivity contribution is 0.391. The summed E-state index contributed by atoms with van der Waals surface area (Å²) in [7, 11) is 0. The highest BCUT2D eigenvalue weighted by molar-refractivity contribution is 7.11. The fraction of sp³-hybridized carbons (Fsp3) is 0.667. The van der Waals surface area contributed by atoms with Gasteiger partial charge in [0.2, 0.25) is 0 Å². The maximum absolute atomic E-state index is 4.72. The molecule has 0 aromatic carbocycles. The minimum atomic E-state index is 0.323. The van der Waals surface area contributed by atoms with Gasteiger partial charge in [0.15, 0.2) is 11.8 Å². The molecule has 0 saturated heterocycles. The van der Waals surface area contributed by atoms with E-state index in [1.807, 2.05) is 6.20 Å². The van der Waals surface area contributed by atoms with E-state index in [2.05, 4.69) is 58.1 Å². The Labute approximate surface area is 159 Å². The Balaban J connectivity index is 1.58. The van der Waals surface area contributed by atoms with Crippen LogP contribution in [0.4, 0.5) is 0 Å². The molecular weight excluding hydrogens is 346 g/mol. The lowest BCUT2D eigenvalue weighted by Gasteiger charge is -2.25. The molecule has 7 nitrogen and oxygen atoms in total. The van der Waals surface area contributed by atoms with Gasteiger partial charge in [0.1, 0.15) is 5.82 Å². The van der Waals surface area contributed by atoms with E-state index in [9.17, 15) is 0 Å². The fourth-order valence-electron chi connectivity index (χ4n) is 2.98. The third-order valence-corrected chi connectivity index (χ3v) is 5.31. The van der Waals surface area contributed by atoms with Gasteiger partial charge in [-0.2, -0.15) is 5.10 Å². The van der Waals surface area contributed by atoms with Crippen LogP contribution < -0.4 is 10.6 Å². The molecule has 0 fully saturated rings. The smallest absolute Gasteiger partial charge is 0.191 e. The standard InChI is InChI=1S/C18H29N7S/c1-5-19-18(20-9-8-16-21-10-13(4)26-16)22-14-6-7-15-23-17(12(2)3)24-25(15)11-14/h10,12,14H,5-9,11H2,1-4H3,(H2,19,20,22). The molecule has 0 aliphatic carbocycles. The number of rotatable bonds is 6. The van der Waals surface area contributed by atoms with Gasteiger partial charge in [0.25, 0.3) is 0 Å². The number of nitrogens with zero attached hydrogens (tertiary/aromatic N) is 5. The number of thiazole rings is 1. The Bertz CT molecular complexity index is 747. The Morgan fingerprint density at radius 1 is 1.46 bits per heavy atom. The molecule has 1 atom stereocenters. The van der Waals surface area contributed by atoms with Gasteiger partial charge in [0, 0.05) is 49.0 Å². The highest BCUT2D eigenvalue weighted by atomic mass is 32.1. The van der Waals surface area contributed by atoms with Crippen LogP contribution in [-0.2, 0) is 19.4 Å². The van der Waals surface area contributed by atoms with Crippen molar-refractivity contribution in [3.63, 3.8) is 0 Å². The molecule has 0 saturated carbocycles. The summed E-state index contributed by atoms with van der Waals surface area (Å²) in [5, 5.41) is 12.7. The van der Waals surface area contributed by atoms with Crippen LogP contribution in [0, 0.1) is 6.92 Å². The van der Waals surface area contributed by atoms with Crippen LogP contribution in [-0.4, -0.2) is 44.8 Å². The van der Waals surface area contributed by atoms with Crippen LogP contribution in [0.3, 0.4) is 0 Å². The normalized spacial score (nSPS) is 17.4. The molecule has 2 N–H and O–H groups in total. The third kappa shape index (κ3) is 4.81. The topological polar surface area (TPSA) is 80.0 Å². The van der Waals surface area contributed by atoms with Crippen molar-refractivity contribution in [3.05, 3.63) is 27.7 Å². The molecule has 1 unspecified atom stereocenters. The minimum absolute atomic E-state index is 0.323. The molecule has 1 aliphatic heterocycles. The molecule has 3 rings (SSSR count). The SMILES string of the molecule is CCNC(=NCCc1ncc(C)s1)NC1CCc2nc(C(C)C)nn2C1. The number of hydrogen-bond acceptors (Lipinski definition) is 5. The average Bonchev–Trinajstić information content (AvgIpc) is 3.21. The van der Waals surface area contributed by atoms with E-state index in [0.717, 1.165) is 61.5 Å².